The molecule has 3 aliphatic rings. The summed E-state index contributed by atoms with van der Waals surface area (Å²) in [6.45, 7) is 3.51. The van der Waals surface area contributed by atoms with Crippen LogP contribution in [0.4, 0.5) is 8.78 Å². The van der Waals surface area contributed by atoms with Gasteiger partial charge in [-0.05, 0) is 24.6 Å². The molecule has 3 atom stereocenters. The molecule has 36 heavy (non-hydrogen) atoms. The Hall–Kier alpha value is -3.96. The Morgan fingerprint density at radius 3 is 2.81 bits per heavy atom. The summed E-state index contributed by atoms with van der Waals surface area (Å²) >= 11 is 0. The number of aromatic nitrogens is 1. The average Bonchev–Trinajstić information content (AvgIpc) is 3.23. The van der Waals surface area contributed by atoms with Crippen molar-refractivity contribution >= 4 is 17.7 Å². The number of nitrogens with zero attached hydrogens (tertiary/aromatic N) is 3. The first kappa shape index (κ1) is 23.8. The molecule has 0 aliphatic carbocycles. The van der Waals surface area contributed by atoms with Gasteiger partial charge in [0.1, 0.15) is 23.2 Å². The third-order valence-corrected chi connectivity index (χ3v) is 6.92. The lowest BCUT2D eigenvalue weighted by molar-refractivity contribution is -0.195. The minimum Gasteiger partial charge on any atom is -0.503 e. The number of fused-ring (bicyclic) bond motifs is 5. The van der Waals surface area contributed by atoms with Gasteiger partial charge in [0, 0.05) is 49.8 Å². The Kier molecular flexibility index (Phi) is 5.68. The lowest BCUT2D eigenvalue weighted by atomic mass is 9.99. The second-order valence-corrected chi connectivity index (χ2v) is 9.10. The van der Waals surface area contributed by atoms with E-state index in [2.05, 4.69) is 10.5 Å². The molecule has 190 valence electrons. The van der Waals surface area contributed by atoms with E-state index in [0.717, 1.165) is 6.07 Å². The van der Waals surface area contributed by atoms with E-state index in [9.17, 15) is 28.3 Å². The highest BCUT2D eigenvalue weighted by molar-refractivity contribution is 5.99. The van der Waals surface area contributed by atoms with Gasteiger partial charge in [0.2, 0.25) is 11.3 Å². The maximum atomic E-state index is 14.0. The van der Waals surface area contributed by atoms with E-state index >= 15 is 0 Å². The van der Waals surface area contributed by atoms with Crippen LogP contribution in [0.15, 0.2) is 34.3 Å². The van der Waals surface area contributed by atoms with Crippen LogP contribution in [-0.2, 0) is 16.1 Å². The van der Waals surface area contributed by atoms with Crippen LogP contribution < -0.4 is 10.7 Å². The van der Waals surface area contributed by atoms with Gasteiger partial charge in [-0.1, -0.05) is 13.0 Å². The predicted molar refractivity (Wildman–Crippen MR) is 121 cm³/mol. The minimum absolute atomic E-state index is 0.00608. The zero-order valence-corrected chi connectivity index (χ0v) is 19.6. The molecule has 1 fully saturated rings. The quantitative estimate of drug-likeness (QED) is 0.662. The Morgan fingerprint density at radius 1 is 1.33 bits per heavy atom. The van der Waals surface area contributed by atoms with E-state index in [0.29, 0.717) is 31.2 Å². The average molecular weight is 502 g/mol. The lowest BCUT2D eigenvalue weighted by Gasteiger charge is -2.40. The standard InChI is InChI=1S/C24H24F2N4O6/c1-3-18-28-36-24(35-18)7-6-12(2)29-11-17(24)30-10-15(20(31)21(32)19(30)23(29)34)22(33)27-9-13-4-5-14(25)8-16(13)26/h4-5,8,10,12,17,32H,3,6-7,9,11H2,1-2H3,(H,27,33)/t12-,17+,24+/m0/s1. The molecule has 0 radical (unpaired) electrons. The molecule has 2 N–H and O–H groups in total. The molecule has 1 saturated heterocycles. The third-order valence-electron chi connectivity index (χ3n) is 6.92. The number of oxime groups is 1. The van der Waals surface area contributed by atoms with E-state index in [1.807, 2.05) is 13.8 Å². The second kappa shape index (κ2) is 8.61. The number of hydrogen-bond donors (Lipinski definition) is 2. The number of pyridine rings is 1. The summed E-state index contributed by atoms with van der Waals surface area (Å²) in [5, 5.41) is 17.2. The first-order chi connectivity index (χ1) is 17.1. The van der Waals surface area contributed by atoms with Crippen molar-refractivity contribution in [2.75, 3.05) is 6.54 Å². The molecule has 10 nitrogen and oxygen atoms in total. The summed E-state index contributed by atoms with van der Waals surface area (Å²) in [4.78, 5) is 46.4. The summed E-state index contributed by atoms with van der Waals surface area (Å²) in [6, 6.07) is 1.94. The monoisotopic (exact) mass is 502 g/mol. The molecule has 1 aromatic carbocycles. The Bertz CT molecular complexity index is 1360. The molecular weight excluding hydrogens is 478 g/mol. The van der Waals surface area contributed by atoms with Crippen LogP contribution in [0, 0.1) is 11.6 Å². The fourth-order valence-electron chi connectivity index (χ4n) is 4.86. The maximum absolute atomic E-state index is 14.0. The van der Waals surface area contributed by atoms with Crippen LogP contribution in [0.1, 0.15) is 65.6 Å². The largest absolute Gasteiger partial charge is 0.503 e. The molecule has 2 amide bonds. The first-order valence-electron chi connectivity index (χ1n) is 11.6. The number of benzene rings is 1. The van der Waals surface area contributed by atoms with Gasteiger partial charge in [-0.25, -0.2) is 8.78 Å². The predicted octanol–water partition coefficient (Wildman–Crippen LogP) is 2.41. The van der Waals surface area contributed by atoms with Crippen LogP contribution in [0.25, 0.3) is 0 Å². The van der Waals surface area contributed by atoms with Gasteiger partial charge in [-0.3, -0.25) is 14.4 Å². The summed E-state index contributed by atoms with van der Waals surface area (Å²) in [5.74, 6) is -4.89. The minimum atomic E-state index is -1.30. The molecule has 0 saturated carbocycles. The lowest BCUT2D eigenvalue weighted by Crippen LogP contribution is -2.53. The van der Waals surface area contributed by atoms with Crippen LogP contribution in [-0.4, -0.2) is 50.7 Å². The van der Waals surface area contributed by atoms with Crippen LogP contribution in [0.5, 0.6) is 5.75 Å². The van der Waals surface area contributed by atoms with Crippen molar-refractivity contribution in [3.05, 3.63) is 63.1 Å². The molecule has 0 unspecified atom stereocenters. The highest BCUT2D eigenvalue weighted by atomic mass is 19.1. The number of halogens is 2. The molecular formula is C24H24F2N4O6. The summed E-state index contributed by atoms with van der Waals surface area (Å²) in [5.41, 5.74) is -1.77. The molecule has 5 rings (SSSR count). The van der Waals surface area contributed by atoms with Gasteiger partial charge < -0.3 is 29.5 Å². The summed E-state index contributed by atoms with van der Waals surface area (Å²) < 4.78 is 34.6. The zero-order chi connectivity index (χ0) is 25.8. The first-order valence-corrected chi connectivity index (χ1v) is 11.6. The SMILES string of the molecule is CCC1=NO[C@@]2(CC[C@H](C)N3C[C@H]2n2cc(C(=O)NCc4ccc(F)cc4F)c(=O)c(O)c2C3=O)O1. The summed E-state index contributed by atoms with van der Waals surface area (Å²) in [7, 11) is 0. The van der Waals surface area contributed by atoms with Crippen LogP contribution in [0.3, 0.4) is 0 Å². The molecule has 4 heterocycles. The van der Waals surface area contributed by atoms with Crippen molar-refractivity contribution in [2.24, 2.45) is 5.16 Å². The molecule has 1 spiro atoms. The van der Waals surface area contributed by atoms with E-state index in [-0.39, 0.29) is 30.4 Å². The number of carbonyl (C=O) groups excluding carboxylic acids is 2. The number of aromatic hydroxyl groups is 1. The highest BCUT2D eigenvalue weighted by Crippen LogP contribution is 2.45. The third kappa shape index (κ3) is 3.67. The fourth-order valence-corrected chi connectivity index (χ4v) is 4.86. The molecule has 12 heteroatoms. The van der Waals surface area contributed by atoms with E-state index < -0.39 is 52.0 Å². The van der Waals surface area contributed by atoms with E-state index in [1.165, 1.54) is 16.8 Å². The van der Waals surface area contributed by atoms with Crippen molar-refractivity contribution in [3.63, 3.8) is 0 Å². The van der Waals surface area contributed by atoms with Gasteiger partial charge in [0.05, 0.1) is 0 Å². The number of ether oxygens (including phenoxy) is 1. The number of carbonyl (C=O) groups is 2. The number of nitrogens with one attached hydrogen (secondary N) is 1. The number of hydrogen-bond acceptors (Lipinski definition) is 7. The van der Waals surface area contributed by atoms with Crippen molar-refractivity contribution < 1.29 is 33.1 Å². The molecule has 2 aromatic rings. The Balaban J connectivity index is 1.54. The van der Waals surface area contributed by atoms with Gasteiger partial charge in [0.25, 0.3) is 17.6 Å². The summed E-state index contributed by atoms with van der Waals surface area (Å²) in [6.07, 6.45) is 2.54. The molecule has 1 aromatic heterocycles. The van der Waals surface area contributed by atoms with Crippen molar-refractivity contribution in [3.8, 4) is 5.75 Å². The topological polar surface area (TPSA) is 122 Å². The van der Waals surface area contributed by atoms with Crippen molar-refractivity contribution in [2.45, 2.75) is 57.5 Å². The van der Waals surface area contributed by atoms with Crippen molar-refractivity contribution in [1.82, 2.24) is 14.8 Å². The number of amides is 2. The maximum Gasteiger partial charge on any atom is 0.299 e. The smallest absolute Gasteiger partial charge is 0.299 e. The number of rotatable bonds is 4. The van der Waals surface area contributed by atoms with E-state index in [1.54, 1.807) is 4.90 Å². The van der Waals surface area contributed by atoms with Crippen LogP contribution >= 0.6 is 0 Å². The van der Waals surface area contributed by atoms with Crippen LogP contribution in [0.2, 0.25) is 0 Å². The molecule has 3 aliphatic heterocycles. The van der Waals surface area contributed by atoms with Gasteiger partial charge in [0.15, 0.2) is 11.4 Å². The Labute approximate surface area is 204 Å². The van der Waals surface area contributed by atoms with Crippen molar-refractivity contribution in [1.29, 1.82) is 0 Å². The Morgan fingerprint density at radius 2 is 2.11 bits per heavy atom. The fraction of sp³-hybridized carbons (Fsp3) is 0.417. The zero-order valence-electron chi connectivity index (χ0n) is 19.6. The van der Waals surface area contributed by atoms with Gasteiger partial charge in [-0.15, -0.1) is 0 Å². The van der Waals surface area contributed by atoms with Gasteiger partial charge in [-0.2, -0.15) is 0 Å². The highest BCUT2D eigenvalue weighted by Gasteiger charge is 2.56. The van der Waals surface area contributed by atoms with E-state index in [4.69, 9.17) is 9.57 Å². The van der Waals surface area contributed by atoms with Gasteiger partial charge >= 0.3 is 0 Å². The second-order valence-electron chi connectivity index (χ2n) is 9.10. The normalized spacial score (nSPS) is 24.5. The molecule has 2 bridgehead atoms.